The second kappa shape index (κ2) is 7.53. The predicted molar refractivity (Wildman–Crippen MR) is 95.3 cm³/mol. The zero-order chi connectivity index (χ0) is 17.8. The summed E-state index contributed by atoms with van der Waals surface area (Å²) in [4.78, 5) is 28.7. The molecule has 0 radical (unpaired) electrons. The maximum atomic E-state index is 12.4. The number of rotatable bonds is 6. The van der Waals surface area contributed by atoms with E-state index in [0.29, 0.717) is 23.7 Å². The summed E-state index contributed by atoms with van der Waals surface area (Å²) in [7, 11) is 0. The zero-order valence-corrected chi connectivity index (χ0v) is 14.5. The summed E-state index contributed by atoms with van der Waals surface area (Å²) in [5.74, 6) is -0.283. The number of nitrogens with zero attached hydrogens (tertiary/aromatic N) is 1. The van der Waals surface area contributed by atoms with Gasteiger partial charge in [-0.05, 0) is 44.0 Å². The van der Waals surface area contributed by atoms with E-state index in [0.717, 1.165) is 12.8 Å². The average molecular weight is 360 g/mol. The summed E-state index contributed by atoms with van der Waals surface area (Å²) in [6.45, 7) is 2.27. The van der Waals surface area contributed by atoms with Crippen molar-refractivity contribution >= 4 is 29.1 Å². The second-order valence-electron chi connectivity index (χ2n) is 5.70. The number of anilines is 1. The SMILES string of the molecule is CCOc1ccc(Cl)c(C(=O)Nc2cccc(C(=O)NC3CC3)c2)n1. The largest absolute Gasteiger partial charge is 0.478 e. The molecule has 2 N–H and O–H groups in total. The first kappa shape index (κ1) is 17.2. The molecule has 130 valence electrons. The first-order valence-electron chi connectivity index (χ1n) is 8.08. The Hall–Kier alpha value is -2.60. The molecule has 0 spiro atoms. The third kappa shape index (κ3) is 4.48. The Morgan fingerprint density at radius 1 is 1.24 bits per heavy atom. The van der Waals surface area contributed by atoms with Crippen molar-refractivity contribution in [2.45, 2.75) is 25.8 Å². The van der Waals surface area contributed by atoms with Crippen molar-refractivity contribution in [2.75, 3.05) is 11.9 Å². The maximum Gasteiger partial charge on any atom is 0.275 e. The molecule has 2 aromatic rings. The monoisotopic (exact) mass is 359 g/mol. The highest BCUT2D eigenvalue weighted by Crippen LogP contribution is 2.21. The van der Waals surface area contributed by atoms with Gasteiger partial charge in [0.2, 0.25) is 5.88 Å². The minimum Gasteiger partial charge on any atom is -0.478 e. The summed E-state index contributed by atoms with van der Waals surface area (Å²) < 4.78 is 5.29. The highest BCUT2D eigenvalue weighted by molar-refractivity contribution is 6.34. The van der Waals surface area contributed by atoms with Crippen LogP contribution in [0.3, 0.4) is 0 Å². The van der Waals surface area contributed by atoms with E-state index in [2.05, 4.69) is 15.6 Å². The zero-order valence-electron chi connectivity index (χ0n) is 13.7. The molecule has 0 saturated heterocycles. The number of aromatic nitrogens is 1. The fraction of sp³-hybridized carbons (Fsp3) is 0.278. The van der Waals surface area contributed by atoms with Crippen LogP contribution in [0.4, 0.5) is 5.69 Å². The third-order valence-electron chi connectivity index (χ3n) is 3.62. The van der Waals surface area contributed by atoms with Gasteiger partial charge < -0.3 is 15.4 Å². The van der Waals surface area contributed by atoms with Crippen LogP contribution in [0.2, 0.25) is 5.02 Å². The van der Waals surface area contributed by atoms with Gasteiger partial charge in [0.1, 0.15) is 0 Å². The Bertz CT molecular complexity index is 806. The smallest absolute Gasteiger partial charge is 0.275 e. The lowest BCUT2D eigenvalue weighted by molar-refractivity contribution is 0.0949. The number of hydrogen-bond acceptors (Lipinski definition) is 4. The number of halogens is 1. The van der Waals surface area contributed by atoms with Crippen LogP contribution in [-0.4, -0.2) is 29.4 Å². The van der Waals surface area contributed by atoms with Crippen LogP contribution in [0, 0.1) is 0 Å². The van der Waals surface area contributed by atoms with Gasteiger partial charge >= 0.3 is 0 Å². The van der Waals surface area contributed by atoms with E-state index < -0.39 is 5.91 Å². The van der Waals surface area contributed by atoms with Crippen molar-refractivity contribution in [3.8, 4) is 5.88 Å². The molecule has 3 rings (SSSR count). The second-order valence-corrected chi connectivity index (χ2v) is 6.10. The molecular weight excluding hydrogens is 342 g/mol. The van der Waals surface area contributed by atoms with Gasteiger partial charge in [-0.15, -0.1) is 0 Å². The summed E-state index contributed by atoms with van der Waals surface area (Å²) in [5, 5.41) is 5.85. The average Bonchev–Trinajstić information content (AvgIpc) is 3.41. The van der Waals surface area contributed by atoms with E-state index in [4.69, 9.17) is 16.3 Å². The van der Waals surface area contributed by atoms with Gasteiger partial charge in [0.15, 0.2) is 5.69 Å². The fourth-order valence-corrected chi connectivity index (χ4v) is 2.43. The van der Waals surface area contributed by atoms with Crippen molar-refractivity contribution in [2.24, 2.45) is 0 Å². The highest BCUT2D eigenvalue weighted by atomic mass is 35.5. The molecule has 0 bridgehead atoms. The Balaban J connectivity index is 1.74. The molecule has 25 heavy (non-hydrogen) atoms. The lowest BCUT2D eigenvalue weighted by atomic mass is 10.2. The Labute approximate surface area is 150 Å². The summed E-state index contributed by atoms with van der Waals surface area (Å²) in [5.41, 5.74) is 1.06. The minimum atomic E-state index is -0.466. The third-order valence-corrected chi connectivity index (χ3v) is 3.93. The molecule has 7 heteroatoms. The van der Waals surface area contributed by atoms with E-state index in [9.17, 15) is 9.59 Å². The van der Waals surface area contributed by atoms with E-state index in [1.54, 1.807) is 36.4 Å². The van der Waals surface area contributed by atoms with Gasteiger partial charge in [0, 0.05) is 23.4 Å². The maximum absolute atomic E-state index is 12.4. The number of ether oxygens (including phenoxy) is 1. The van der Waals surface area contributed by atoms with Crippen LogP contribution in [-0.2, 0) is 0 Å². The number of nitrogens with one attached hydrogen (secondary N) is 2. The van der Waals surface area contributed by atoms with Gasteiger partial charge in [-0.1, -0.05) is 17.7 Å². The van der Waals surface area contributed by atoms with Gasteiger partial charge in [0.05, 0.1) is 11.6 Å². The Morgan fingerprint density at radius 3 is 2.76 bits per heavy atom. The number of carbonyl (C=O) groups is 2. The van der Waals surface area contributed by atoms with Crippen molar-refractivity contribution in [3.63, 3.8) is 0 Å². The molecule has 2 amide bonds. The Kier molecular flexibility index (Phi) is 5.19. The van der Waals surface area contributed by atoms with Gasteiger partial charge in [-0.2, -0.15) is 0 Å². The van der Waals surface area contributed by atoms with Crippen LogP contribution in [0.25, 0.3) is 0 Å². The molecular formula is C18H18ClN3O3. The van der Waals surface area contributed by atoms with Crippen molar-refractivity contribution in [3.05, 3.63) is 52.7 Å². The van der Waals surface area contributed by atoms with Crippen molar-refractivity contribution < 1.29 is 14.3 Å². The molecule has 1 saturated carbocycles. The number of pyridine rings is 1. The van der Waals surface area contributed by atoms with E-state index in [-0.39, 0.29) is 22.7 Å². The van der Waals surface area contributed by atoms with Crippen LogP contribution in [0.1, 0.15) is 40.6 Å². The van der Waals surface area contributed by atoms with Crippen molar-refractivity contribution in [1.29, 1.82) is 0 Å². The first-order valence-corrected chi connectivity index (χ1v) is 8.46. The molecule has 1 aromatic heterocycles. The highest BCUT2D eigenvalue weighted by Gasteiger charge is 2.24. The number of carbonyl (C=O) groups excluding carboxylic acids is 2. The summed E-state index contributed by atoms with van der Waals surface area (Å²) >= 11 is 6.06. The van der Waals surface area contributed by atoms with Crippen LogP contribution >= 0.6 is 11.6 Å². The van der Waals surface area contributed by atoms with Crippen LogP contribution < -0.4 is 15.4 Å². The normalized spacial score (nSPS) is 13.2. The molecule has 0 atom stereocenters. The van der Waals surface area contributed by atoms with Gasteiger partial charge in [-0.3, -0.25) is 9.59 Å². The van der Waals surface area contributed by atoms with Gasteiger partial charge in [0.25, 0.3) is 11.8 Å². The Morgan fingerprint density at radius 2 is 2.04 bits per heavy atom. The number of amides is 2. The standard InChI is InChI=1S/C18H18ClN3O3/c1-2-25-15-9-8-14(19)16(22-15)18(24)21-13-5-3-4-11(10-13)17(23)20-12-6-7-12/h3-5,8-10,12H,2,6-7H2,1H3,(H,20,23)(H,21,24). The first-order chi connectivity index (χ1) is 12.1. The summed E-state index contributed by atoms with van der Waals surface area (Å²) in [6.07, 6.45) is 2.03. The molecule has 1 heterocycles. The molecule has 0 aliphatic heterocycles. The molecule has 6 nitrogen and oxygen atoms in total. The fourth-order valence-electron chi connectivity index (χ4n) is 2.24. The summed E-state index contributed by atoms with van der Waals surface area (Å²) in [6, 6.07) is 10.2. The molecule has 1 aromatic carbocycles. The quantitative estimate of drug-likeness (QED) is 0.829. The van der Waals surface area contributed by atoms with Crippen LogP contribution in [0.5, 0.6) is 5.88 Å². The lowest BCUT2D eigenvalue weighted by Crippen LogP contribution is -2.25. The number of benzene rings is 1. The minimum absolute atomic E-state index is 0.0699. The van der Waals surface area contributed by atoms with E-state index >= 15 is 0 Å². The van der Waals surface area contributed by atoms with Gasteiger partial charge in [-0.25, -0.2) is 4.98 Å². The predicted octanol–water partition coefficient (Wildman–Crippen LogP) is 3.28. The topological polar surface area (TPSA) is 80.3 Å². The number of hydrogen-bond donors (Lipinski definition) is 2. The van der Waals surface area contributed by atoms with E-state index in [1.165, 1.54) is 0 Å². The molecule has 1 fully saturated rings. The molecule has 0 unspecified atom stereocenters. The molecule has 1 aliphatic carbocycles. The van der Waals surface area contributed by atoms with E-state index in [1.807, 2.05) is 6.92 Å². The lowest BCUT2D eigenvalue weighted by Gasteiger charge is -2.09. The van der Waals surface area contributed by atoms with Crippen molar-refractivity contribution in [1.82, 2.24) is 10.3 Å². The molecule has 1 aliphatic rings. The van der Waals surface area contributed by atoms with Crippen LogP contribution in [0.15, 0.2) is 36.4 Å².